The summed E-state index contributed by atoms with van der Waals surface area (Å²) in [6, 6.07) is 20.7. The third-order valence-corrected chi connectivity index (χ3v) is 6.25. The van der Waals surface area contributed by atoms with Crippen LogP contribution in [0, 0.1) is 13.8 Å². The number of carbonyl (C=O) groups is 1. The highest BCUT2D eigenvalue weighted by Gasteiger charge is 2.35. The number of aliphatic imine (C=N–C) groups is 1. The van der Waals surface area contributed by atoms with Gasteiger partial charge in [0.25, 0.3) is 5.91 Å². The Morgan fingerprint density at radius 2 is 1.73 bits per heavy atom. The molecule has 4 rings (SSSR count). The van der Waals surface area contributed by atoms with Gasteiger partial charge in [0.05, 0.1) is 16.3 Å². The van der Waals surface area contributed by atoms with Crippen molar-refractivity contribution in [1.82, 2.24) is 0 Å². The summed E-state index contributed by atoms with van der Waals surface area (Å²) in [6.45, 7) is 4.01. The third kappa shape index (κ3) is 4.35. The van der Waals surface area contributed by atoms with E-state index in [-0.39, 0.29) is 11.7 Å². The second-order valence-corrected chi connectivity index (χ2v) is 8.89. The van der Waals surface area contributed by atoms with Crippen LogP contribution in [0.2, 0.25) is 0 Å². The molecule has 4 nitrogen and oxygen atoms in total. The Morgan fingerprint density at radius 1 is 1.00 bits per heavy atom. The topological polar surface area (TPSA) is 52.9 Å². The minimum atomic E-state index is -0.146. The largest absolute Gasteiger partial charge is 0.508 e. The van der Waals surface area contributed by atoms with Crippen LogP contribution in [0.5, 0.6) is 5.75 Å². The second kappa shape index (κ2) is 8.50. The van der Waals surface area contributed by atoms with Crippen molar-refractivity contribution in [3.8, 4) is 5.75 Å². The summed E-state index contributed by atoms with van der Waals surface area (Å²) in [5.41, 5.74) is 4.47. The molecule has 0 spiro atoms. The predicted molar refractivity (Wildman–Crippen MR) is 128 cm³/mol. The number of aromatic hydroxyl groups is 1. The molecular formula is C24H19BrN2O2S. The first-order chi connectivity index (χ1) is 14.4. The number of hydrogen-bond acceptors (Lipinski definition) is 4. The molecule has 1 aliphatic rings. The van der Waals surface area contributed by atoms with E-state index in [1.54, 1.807) is 29.2 Å². The molecule has 1 N–H and O–H groups in total. The van der Waals surface area contributed by atoms with Crippen molar-refractivity contribution in [1.29, 1.82) is 0 Å². The molecule has 3 aromatic carbocycles. The van der Waals surface area contributed by atoms with Crippen LogP contribution in [-0.2, 0) is 4.79 Å². The van der Waals surface area contributed by atoms with E-state index in [1.807, 2.05) is 62.4 Å². The van der Waals surface area contributed by atoms with Gasteiger partial charge in [-0.25, -0.2) is 4.99 Å². The number of amides is 1. The van der Waals surface area contributed by atoms with E-state index in [2.05, 4.69) is 15.9 Å². The molecule has 0 atom stereocenters. The Kier molecular flexibility index (Phi) is 5.79. The van der Waals surface area contributed by atoms with Gasteiger partial charge in [-0.15, -0.1) is 0 Å². The Hall–Kier alpha value is -2.83. The predicted octanol–water partition coefficient (Wildman–Crippen LogP) is 6.58. The zero-order chi connectivity index (χ0) is 21.3. The number of hydrogen-bond donors (Lipinski definition) is 1. The second-order valence-electron chi connectivity index (χ2n) is 7.03. The zero-order valence-corrected chi connectivity index (χ0v) is 18.9. The lowest BCUT2D eigenvalue weighted by atomic mass is 10.2. The van der Waals surface area contributed by atoms with Crippen LogP contribution in [0.25, 0.3) is 6.08 Å². The van der Waals surface area contributed by atoms with Crippen molar-refractivity contribution in [3.63, 3.8) is 0 Å². The summed E-state index contributed by atoms with van der Waals surface area (Å²) in [4.78, 5) is 20.3. The molecule has 6 heteroatoms. The van der Waals surface area contributed by atoms with Gasteiger partial charge in [-0.1, -0.05) is 40.2 Å². The van der Waals surface area contributed by atoms with Gasteiger partial charge >= 0.3 is 0 Å². The van der Waals surface area contributed by atoms with E-state index < -0.39 is 0 Å². The average Bonchev–Trinajstić information content (AvgIpc) is 2.99. The lowest BCUT2D eigenvalue weighted by Crippen LogP contribution is -2.28. The smallest absolute Gasteiger partial charge is 0.271 e. The van der Waals surface area contributed by atoms with Gasteiger partial charge in [-0.2, -0.15) is 0 Å². The fourth-order valence-corrected chi connectivity index (χ4v) is 4.49. The first kappa shape index (κ1) is 20.4. The number of thioether (sulfide) groups is 1. The summed E-state index contributed by atoms with van der Waals surface area (Å²) in [6.07, 6.45) is 1.78. The zero-order valence-electron chi connectivity index (χ0n) is 16.5. The molecule has 0 bridgehead atoms. The number of amidine groups is 1. The molecule has 0 unspecified atom stereocenters. The molecule has 0 radical (unpaired) electrons. The molecule has 0 aromatic heterocycles. The van der Waals surface area contributed by atoms with Crippen LogP contribution in [0.1, 0.15) is 16.7 Å². The number of benzene rings is 3. The van der Waals surface area contributed by atoms with Crippen LogP contribution in [0.15, 0.2) is 81.1 Å². The summed E-state index contributed by atoms with van der Waals surface area (Å²) < 4.78 is 0.798. The quantitative estimate of drug-likeness (QED) is 0.432. The van der Waals surface area contributed by atoms with E-state index in [1.165, 1.54) is 11.8 Å². The number of carbonyl (C=O) groups excluding carboxylic acids is 1. The fraction of sp³-hybridized carbons (Fsp3) is 0.0833. The first-order valence-corrected chi connectivity index (χ1v) is 11.0. The molecule has 0 saturated carbocycles. The Balaban J connectivity index is 1.82. The van der Waals surface area contributed by atoms with Crippen LogP contribution < -0.4 is 4.90 Å². The summed E-state index contributed by atoms with van der Waals surface area (Å²) in [5.74, 6) is -0.00284. The van der Waals surface area contributed by atoms with Gasteiger partial charge in [0, 0.05) is 4.47 Å². The SMILES string of the molecule is Cc1cccc(N=C2S/C(=C\c3cc(O)ccc3Br)C(=O)N2c2cccc(C)c2)c1. The number of nitrogens with zero attached hydrogens (tertiary/aromatic N) is 2. The van der Waals surface area contributed by atoms with Crippen molar-refractivity contribution >= 4 is 56.2 Å². The maximum atomic E-state index is 13.4. The number of halogens is 1. The molecule has 3 aromatic rings. The number of rotatable bonds is 3. The highest BCUT2D eigenvalue weighted by Crippen LogP contribution is 2.38. The van der Waals surface area contributed by atoms with Gasteiger partial charge in [0.2, 0.25) is 0 Å². The third-order valence-electron chi connectivity index (χ3n) is 4.56. The van der Waals surface area contributed by atoms with Gasteiger partial charge in [0.1, 0.15) is 5.75 Å². The normalized spacial score (nSPS) is 16.6. The lowest BCUT2D eigenvalue weighted by molar-refractivity contribution is -0.113. The summed E-state index contributed by atoms with van der Waals surface area (Å²) >= 11 is 4.81. The molecule has 30 heavy (non-hydrogen) atoms. The van der Waals surface area contributed by atoms with Gasteiger partial charge < -0.3 is 5.11 Å². The van der Waals surface area contributed by atoms with Gasteiger partial charge in [0.15, 0.2) is 5.17 Å². The monoisotopic (exact) mass is 478 g/mol. The van der Waals surface area contributed by atoms with Crippen molar-refractivity contribution in [2.24, 2.45) is 4.99 Å². The molecule has 1 aliphatic heterocycles. The van der Waals surface area contributed by atoms with E-state index in [0.29, 0.717) is 10.1 Å². The Bertz CT molecular complexity index is 1200. The molecule has 1 amide bonds. The molecule has 1 saturated heterocycles. The Labute approximate surface area is 188 Å². The van der Waals surface area contributed by atoms with Crippen molar-refractivity contribution in [2.45, 2.75) is 13.8 Å². The summed E-state index contributed by atoms with van der Waals surface area (Å²) in [5, 5.41) is 10.4. The Morgan fingerprint density at radius 3 is 2.47 bits per heavy atom. The van der Waals surface area contributed by atoms with Crippen LogP contribution in [0.4, 0.5) is 11.4 Å². The van der Waals surface area contributed by atoms with Gasteiger partial charge in [-0.3, -0.25) is 9.69 Å². The van der Waals surface area contributed by atoms with Crippen LogP contribution in [-0.4, -0.2) is 16.2 Å². The first-order valence-electron chi connectivity index (χ1n) is 9.35. The summed E-state index contributed by atoms with van der Waals surface area (Å²) in [7, 11) is 0. The van der Waals surface area contributed by atoms with E-state index in [0.717, 1.165) is 32.5 Å². The molecule has 0 aliphatic carbocycles. The van der Waals surface area contributed by atoms with E-state index >= 15 is 0 Å². The minimum Gasteiger partial charge on any atom is -0.508 e. The van der Waals surface area contributed by atoms with E-state index in [4.69, 9.17) is 4.99 Å². The number of aryl methyl sites for hydroxylation is 2. The average molecular weight is 479 g/mol. The highest BCUT2D eigenvalue weighted by atomic mass is 79.9. The standard InChI is InChI=1S/C24H19BrN2O2S/c1-15-5-3-7-18(11-15)26-24-27(19-8-4-6-16(2)12-19)23(29)22(30-24)14-17-13-20(28)9-10-21(17)25/h3-14,28H,1-2H3/b22-14-,26-24?. The van der Waals surface area contributed by atoms with Crippen molar-refractivity contribution < 1.29 is 9.90 Å². The number of phenols is 1. The number of phenolic OH excluding ortho intramolecular Hbond substituents is 1. The fourth-order valence-electron chi connectivity index (χ4n) is 3.13. The molecular weight excluding hydrogens is 460 g/mol. The minimum absolute atomic E-state index is 0.143. The number of anilines is 1. The van der Waals surface area contributed by atoms with Crippen LogP contribution >= 0.6 is 27.7 Å². The molecule has 1 fully saturated rings. The maximum Gasteiger partial charge on any atom is 0.271 e. The molecule has 150 valence electrons. The van der Waals surface area contributed by atoms with E-state index in [9.17, 15) is 9.90 Å². The van der Waals surface area contributed by atoms with Crippen molar-refractivity contribution in [2.75, 3.05) is 4.90 Å². The lowest BCUT2D eigenvalue weighted by Gasteiger charge is -2.16. The van der Waals surface area contributed by atoms with Crippen molar-refractivity contribution in [3.05, 3.63) is 92.8 Å². The molecule has 1 heterocycles. The maximum absolute atomic E-state index is 13.4. The van der Waals surface area contributed by atoms with Gasteiger partial charge in [-0.05, 0) is 90.8 Å². The van der Waals surface area contributed by atoms with Crippen LogP contribution in [0.3, 0.4) is 0 Å². The highest BCUT2D eigenvalue weighted by molar-refractivity contribution is 9.10.